The molecule has 2 N–H and O–H groups in total. The van der Waals surface area contributed by atoms with E-state index in [1.165, 1.54) is 0 Å². The maximum absolute atomic E-state index is 10.3. The van der Waals surface area contributed by atoms with E-state index < -0.39 is 5.97 Å². The summed E-state index contributed by atoms with van der Waals surface area (Å²) in [4.78, 5) is 10.3. The van der Waals surface area contributed by atoms with Crippen molar-refractivity contribution in [2.75, 3.05) is 18.1 Å². The van der Waals surface area contributed by atoms with Gasteiger partial charge in [0.2, 0.25) is 0 Å². The number of carboxylic acids is 1. The molecular formula is C7H14O3S. The van der Waals surface area contributed by atoms with Gasteiger partial charge in [-0.1, -0.05) is 6.92 Å². The number of hydrogen-bond acceptors (Lipinski definition) is 3. The molecule has 0 amide bonds. The molecule has 0 spiro atoms. The molecule has 0 aromatic rings. The van der Waals surface area contributed by atoms with Gasteiger partial charge in [-0.25, -0.2) is 0 Å². The molecule has 0 bridgehead atoms. The Morgan fingerprint density at radius 3 is 2.73 bits per heavy atom. The first-order chi connectivity index (χ1) is 5.18. The molecule has 0 saturated carbocycles. The third-order valence-electron chi connectivity index (χ3n) is 1.24. The number of aliphatic carboxylic acids is 1. The van der Waals surface area contributed by atoms with Crippen LogP contribution in [0.1, 0.15) is 13.3 Å². The first-order valence-electron chi connectivity index (χ1n) is 3.60. The first kappa shape index (κ1) is 10.8. The van der Waals surface area contributed by atoms with Gasteiger partial charge >= 0.3 is 5.97 Å². The van der Waals surface area contributed by atoms with Crippen molar-refractivity contribution >= 4 is 17.7 Å². The molecule has 0 rings (SSSR count). The third-order valence-corrected chi connectivity index (χ3v) is 2.55. The maximum Gasteiger partial charge on any atom is 0.307 e. The SMILES string of the molecule is C[C@@H](CSCCCO)C(=O)O. The lowest BCUT2D eigenvalue weighted by atomic mass is 10.2. The van der Waals surface area contributed by atoms with Crippen LogP contribution in [0.4, 0.5) is 0 Å². The minimum absolute atomic E-state index is 0.189. The Balaban J connectivity index is 3.17. The average Bonchev–Trinajstić information content (AvgIpc) is 1.97. The molecule has 0 saturated heterocycles. The highest BCUT2D eigenvalue weighted by Crippen LogP contribution is 2.08. The van der Waals surface area contributed by atoms with Gasteiger partial charge in [0.1, 0.15) is 0 Å². The monoisotopic (exact) mass is 178 g/mol. The van der Waals surface area contributed by atoms with Gasteiger partial charge in [-0.2, -0.15) is 11.8 Å². The molecule has 0 fully saturated rings. The fourth-order valence-corrected chi connectivity index (χ4v) is 1.49. The van der Waals surface area contributed by atoms with Gasteiger partial charge < -0.3 is 10.2 Å². The summed E-state index contributed by atoms with van der Waals surface area (Å²) >= 11 is 1.57. The Hall–Kier alpha value is -0.220. The molecule has 1 atom stereocenters. The molecule has 0 aliphatic heterocycles. The summed E-state index contributed by atoms with van der Waals surface area (Å²) < 4.78 is 0. The quantitative estimate of drug-likeness (QED) is 0.591. The number of aliphatic hydroxyl groups is 1. The molecule has 0 aliphatic rings. The van der Waals surface area contributed by atoms with Crippen molar-refractivity contribution in [2.24, 2.45) is 5.92 Å². The van der Waals surface area contributed by atoms with Crippen molar-refractivity contribution in [3.63, 3.8) is 0 Å². The number of thioether (sulfide) groups is 1. The van der Waals surface area contributed by atoms with E-state index in [1.807, 2.05) is 0 Å². The summed E-state index contributed by atoms with van der Waals surface area (Å²) in [6.07, 6.45) is 0.747. The molecule has 66 valence electrons. The summed E-state index contributed by atoms with van der Waals surface area (Å²) in [5.41, 5.74) is 0. The Morgan fingerprint density at radius 1 is 1.64 bits per heavy atom. The second kappa shape index (κ2) is 6.49. The van der Waals surface area contributed by atoms with Crippen molar-refractivity contribution in [3.8, 4) is 0 Å². The second-order valence-electron chi connectivity index (χ2n) is 2.39. The second-order valence-corrected chi connectivity index (χ2v) is 3.54. The lowest BCUT2D eigenvalue weighted by molar-refractivity contribution is -0.140. The summed E-state index contributed by atoms with van der Waals surface area (Å²) in [6, 6.07) is 0. The van der Waals surface area contributed by atoms with Crippen LogP contribution in [0.5, 0.6) is 0 Å². The van der Waals surface area contributed by atoms with E-state index in [1.54, 1.807) is 18.7 Å². The minimum atomic E-state index is -0.749. The van der Waals surface area contributed by atoms with Gasteiger partial charge in [-0.3, -0.25) is 4.79 Å². The third kappa shape index (κ3) is 6.19. The first-order valence-corrected chi connectivity index (χ1v) is 4.75. The van der Waals surface area contributed by atoms with Crippen LogP contribution in [0.25, 0.3) is 0 Å². The number of aliphatic hydroxyl groups excluding tert-OH is 1. The van der Waals surface area contributed by atoms with E-state index in [9.17, 15) is 4.79 Å². The fourth-order valence-electron chi connectivity index (χ4n) is 0.498. The van der Waals surface area contributed by atoms with Gasteiger partial charge in [-0.05, 0) is 12.2 Å². The van der Waals surface area contributed by atoms with Crippen LogP contribution < -0.4 is 0 Å². The van der Waals surface area contributed by atoms with Crippen LogP contribution >= 0.6 is 11.8 Å². The summed E-state index contributed by atoms with van der Waals surface area (Å²) in [5.74, 6) is 0.448. The maximum atomic E-state index is 10.3. The number of carbonyl (C=O) groups is 1. The molecular weight excluding hydrogens is 164 g/mol. The zero-order chi connectivity index (χ0) is 8.69. The Labute approximate surface area is 70.8 Å². The van der Waals surface area contributed by atoms with E-state index in [2.05, 4.69) is 0 Å². The highest BCUT2D eigenvalue weighted by molar-refractivity contribution is 7.99. The molecule has 0 unspecified atom stereocenters. The van der Waals surface area contributed by atoms with Crippen molar-refractivity contribution in [1.82, 2.24) is 0 Å². The van der Waals surface area contributed by atoms with Crippen LogP contribution in [0.15, 0.2) is 0 Å². The predicted octanol–water partition coefficient (Wildman–Crippen LogP) is 0.823. The summed E-state index contributed by atoms with van der Waals surface area (Å²) in [5, 5.41) is 16.9. The highest BCUT2D eigenvalue weighted by atomic mass is 32.2. The van der Waals surface area contributed by atoms with E-state index in [0.717, 1.165) is 12.2 Å². The van der Waals surface area contributed by atoms with E-state index >= 15 is 0 Å². The Morgan fingerprint density at radius 2 is 2.27 bits per heavy atom. The average molecular weight is 178 g/mol. The minimum Gasteiger partial charge on any atom is -0.481 e. The molecule has 0 radical (unpaired) electrons. The van der Waals surface area contributed by atoms with Crippen molar-refractivity contribution < 1.29 is 15.0 Å². The van der Waals surface area contributed by atoms with Crippen LogP contribution in [0.3, 0.4) is 0 Å². The summed E-state index contributed by atoms with van der Waals surface area (Å²) in [7, 11) is 0. The predicted molar refractivity (Wildman–Crippen MR) is 45.8 cm³/mol. The van der Waals surface area contributed by atoms with Gasteiger partial charge in [-0.15, -0.1) is 0 Å². The number of carboxylic acid groups (broad SMARTS) is 1. The van der Waals surface area contributed by atoms with Gasteiger partial charge in [0.25, 0.3) is 0 Å². The zero-order valence-corrected chi connectivity index (χ0v) is 7.43. The Kier molecular flexibility index (Phi) is 6.36. The molecule has 11 heavy (non-hydrogen) atoms. The Bertz CT molecular complexity index is 116. The van der Waals surface area contributed by atoms with Crippen molar-refractivity contribution in [3.05, 3.63) is 0 Å². The van der Waals surface area contributed by atoms with Gasteiger partial charge in [0.05, 0.1) is 5.92 Å². The highest BCUT2D eigenvalue weighted by Gasteiger charge is 2.09. The number of rotatable bonds is 6. The van der Waals surface area contributed by atoms with Gasteiger partial charge in [0.15, 0.2) is 0 Å². The van der Waals surface area contributed by atoms with Gasteiger partial charge in [0, 0.05) is 12.4 Å². The topological polar surface area (TPSA) is 57.5 Å². The van der Waals surface area contributed by atoms with Crippen LogP contribution in [0, 0.1) is 5.92 Å². The lowest BCUT2D eigenvalue weighted by Gasteiger charge is -2.03. The molecule has 3 nitrogen and oxygen atoms in total. The summed E-state index contributed by atoms with van der Waals surface area (Å²) in [6.45, 7) is 1.88. The lowest BCUT2D eigenvalue weighted by Crippen LogP contribution is -2.12. The van der Waals surface area contributed by atoms with Crippen molar-refractivity contribution in [1.29, 1.82) is 0 Å². The van der Waals surface area contributed by atoms with E-state index in [-0.39, 0.29) is 12.5 Å². The fraction of sp³-hybridized carbons (Fsp3) is 0.857. The molecule has 0 heterocycles. The van der Waals surface area contributed by atoms with E-state index in [4.69, 9.17) is 10.2 Å². The molecule has 0 aliphatic carbocycles. The number of hydrogen-bond donors (Lipinski definition) is 2. The smallest absolute Gasteiger partial charge is 0.307 e. The standard InChI is InChI=1S/C7H14O3S/c1-6(7(9)10)5-11-4-2-3-8/h6,8H,2-5H2,1H3,(H,9,10)/t6-/m0/s1. The molecule has 0 aromatic carbocycles. The van der Waals surface area contributed by atoms with E-state index in [0.29, 0.717) is 5.75 Å². The van der Waals surface area contributed by atoms with Crippen molar-refractivity contribution in [2.45, 2.75) is 13.3 Å². The molecule has 4 heteroatoms. The molecule has 0 aromatic heterocycles. The van der Waals surface area contributed by atoms with Crippen LogP contribution in [-0.2, 0) is 4.79 Å². The zero-order valence-electron chi connectivity index (χ0n) is 6.62. The largest absolute Gasteiger partial charge is 0.481 e. The normalized spacial score (nSPS) is 12.9. The van der Waals surface area contributed by atoms with Crippen LogP contribution in [0.2, 0.25) is 0 Å². The van der Waals surface area contributed by atoms with Crippen LogP contribution in [-0.4, -0.2) is 34.3 Å².